The van der Waals surface area contributed by atoms with Gasteiger partial charge < -0.3 is 15.0 Å². The van der Waals surface area contributed by atoms with Crippen molar-refractivity contribution in [3.63, 3.8) is 0 Å². The Morgan fingerprint density at radius 1 is 1.16 bits per heavy atom. The van der Waals surface area contributed by atoms with Gasteiger partial charge in [0.1, 0.15) is 10.8 Å². The molecule has 1 aliphatic rings. The minimum Gasteiger partial charge on any atom is -0.430 e. The van der Waals surface area contributed by atoms with Crippen molar-refractivity contribution in [2.45, 2.75) is 6.92 Å². The van der Waals surface area contributed by atoms with Crippen LogP contribution in [0, 0.1) is 6.92 Å². The predicted molar refractivity (Wildman–Crippen MR) is 76.2 cm³/mol. The summed E-state index contributed by atoms with van der Waals surface area (Å²) in [4.78, 5) is 2.37. The van der Waals surface area contributed by atoms with Gasteiger partial charge in [-0.3, -0.25) is 0 Å². The van der Waals surface area contributed by atoms with Crippen molar-refractivity contribution < 1.29 is 4.74 Å². The van der Waals surface area contributed by atoms with Gasteiger partial charge in [0, 0.05) is 31.9 Å². The van der Waals surface area contributed by atoms with Crippen molar-refractivity contribution in [3.05, 3.63) is 29.3 Å². The Morgan fingerprint density at radius 3 is 2.53 bits per heavy atom. The van der Waals surface area contributed by atoms with Crippen molar-refractivity contribution in [1.29, 1.82) is 0 Å². The van der Waals surface area contributed by atoms with Crippen LogP contribution < -0.4 is 15.0 Å². The number of hydrogen-bond donors (Lipinski definition) is 1. The Kier molecular flexibility index (Phi) is 3.61. The number of aryl methyl sites for hydroxylation is 1. The van der Waals surface area contributed by atoms with Crippen LogP contribution >= 0.6 is 11.3 Å². The largest absolute Gasteiger partial charge is 0.430 e. The Labute approximate surface area is 116 Å². The Hall–Kier alpha value is -1.66. The van der Waals surface area contributed by atoms with E-state index in [0.29, 0.717) is 5.19 Å². The average Bonchev–Trinajstić information content (AvgIpc) is 2.86. The molecule has 0 radical (unpaired) electrons. The van der Waals surface area contributed by atoms with Crippen LogP contribution in [0.4, 0.5) is 5.69 Å². The van der Waals surface area contributed by atoms with Gasteiger partial charge in [0.2, 0.25) is 0 Å². The molecule has 0 unspecified atom stereocenters. The van der Waals surface area contributed by atoms with Gasteiger partial charge >= 0.3 is 0 Å². The van der Waals surface area contributed by atoms with Gasteiger partial charge in [-0.15, -0.1) is 5.10 Å². The first kappa shape index (κ1) is 12.4. The highest BCUT2D eigenvalue weighted by Crippen LogP contribution is 2.26. The fraction of sp³-hybridized carbons (Fsp3) is 0.385. The van der Waals surface area contributed by atoms with Crippen molar-refractivity contribution in [3.8, 4) is 10.9 Å². The fourth-order valence-electron chi connectivity index (χ4n) is 2.07. The number of hydrogen-bond acceptors (Lipinski definition) is 6. The van der Waals surface area contributed by atoms with Gasteiger partial charge in [0.05, 0.1) is 0 Å². The third-order valence-corrected chi connectivity index (χ3v) is 3.75. The summed E-state index contributed by atoms with van der Waals surface area (Å²) in [5, 5.41) is 12.7. The molecule has 0 aliphatic carbocycles. The van der Waals surface area contributed by atoms with E-state index in [1.54, 1.807) is 0 Å². The number of aromatic nitrogens is 2. The van der Waals surface area contributed by atoms with E-state index >= 15 is 0 Å². The predicted octanol–water partition coefficient (Wildman–Crippen LogP) is 2.05. The summed E-state index contributed by atoms with van der Waals surface area (Å²) in [6.07, 6.45) is 0. The number of piperazine rings is 1. The first-order valence-electron chi connectivity index (χ1n) is 6.35. The minimum absolute atomic E-state index is 0.590. The quantitative estimate of drug-likeness (QED) is 0.930. The van der Waals surface area contributed by atoms with E-state index < -0.39 is 0 Å². The molecule has 1 aromatic carbocycles. The minimum atomic E-state index is 0.590. The van der Waals surface area contributed by atoms with Gasteiger partial charge in [-0.05, 0) is 31.2 Å². The lowest BCUT2D eigenvalue weighted by atomic mass is 10.2. The number of anilines is 1. The highest BCUT2D eigenvalue weighted by atomic mass is 32.1. The zero-order valence-electron chi connectivity index (χ0n) is 10.8. The van der Waals surface area contributed by atoms with Crippen molar-refractivity contribution in [2.75, 3.05) is 31.1 Å². The van der Waals surface area contributed by atoms with E-state index in [1.807, 2.05) is 19.1 Å². The molecule has 0 amide bonds. The second-order valence-electron chi connectivity index (χ2n) is 4.42. The van der Waals surface area contributed by atoms with Crippen LogP contribution in [0.25, 0.3) is 0 Å². The molecule has 1 N–H and O–H groups in total. The third kappa shape index (κ3) is 3.02. The lowest BCUT2D eigenvalue weighted by molar-refractivity contribution is 0.473. The van der Waals surface area contributed by atoms with E-state index in [4.69, 9.17) is 4.74 Å². The molecule has 0 atom stereocenters. The van der Waals surface area contributed by atoms with E-state index in [-0.39, 0.29) is 0 Å². The average molecular weight is 276 g/mol. The van der Waals surface area contributed by atoms with E-state index in [1.165, 1.54) is 17.0 Å². The Bertz CT molecular complexity index is 534. The SMILES string of the molecule is Cc1nnc(Oc2ccc(N3CCNCC3)cc2)s1. The molecule has 0 saturated carbocycles. The summed E-state index contributed by atoms with van der Waals surface area (Å²) in [5.41, 5.74) is 1.24. The van der Waals surface area contributed by atoms with Gasteiger partial charge in [-0.25, -0.2) is 0 Å². The molecule has 6 heteroatoms. The standard InChI is InChI=1S/C13H16N4OS/c1-10-15-16-13(19-10)18-12-4-2-11(3-5-12)17-8-6-14-7-9-17/h2-5,14H,6-9H2,1H3. The summed E-state index contributed by atoms with van der Waals surface area (Å²) < 4.78 is 5.66. The van der Waals surface area contributed by atoms with Crippen LogP contribution in [0.2, 0.25) is 0 Å². The maximum atomic E-state index is 5.66. The van der Waals surface area contributed by atoms with Crippen LogP contribution in [0.1, 0.15) is 5.01 Å². The molecule has 1 aliphatic heterocycles. The number of ether oxygens (including phenoxy) is 1. The highest BCUT2D eigenvalue weighted by molar-refractivity contribution is 7.13. The van der Waals surface area contributed by atoms with Crippen molar-refractivity contribution in [1.82, 2.24) is 15.5 Å². The Morgan fingerprint density at radius 2 is 1.89 bits per heavy atom. The molecule has 0 bridgehead atoms. The van der Waals surface area contributed by atoms with E-state index in [0.717, 1.165) is 36.9 Å². The van der Waals surface area contributed by atoms with Gasteiger partial charge in [0.25, 0.3) is 5.19 Å². The van der Waals surface area contributed by atoms with Crippen LogP contribution in [0.15, 0.2) is 24.3 Å². The van der Waals surface area contributed by atoms with Crippen molar-refractivity contribution in [2.24, 2.45) is 0 Å². The normalized spacial score (nSPS) is 15.5. The van der Waals surface area contributed by atoms with Crippen molar-refractivity contribution >= 4 is 17.0 Å². The summed E-state index contributed by atoms with van der Waals surface area (Å²) in [6.45, 7) is 6.11. The second-order valence-corrected chi connectivity index (χ2v) is 5.56. The third-order valence-electron chi connectivity index (χ3n) is 3.03. The molecule has 1 saturated heterocycles. The number of nitrogens with one attached hydrogen (secondary N) is 1. The molecule has 1 aromatic heterocycles. The van der Waals surface area contributed by atoms with Crippen LogP contribution in [0.3, 0.4) is 0 Å². The number of rotatable bonds is 3. The Balaban J connectivity index is 1.68. The van der Waals surface area contributed by atoms with E-state index in [2.05, 4.69) is 32.5 Å². The molecular weight excluding hydrogens is 260 g/mol. The molecule has 5 nitrogen and oxygen atoms in total. The number of benzene rings is 1. The molecule has 0 spiro atoms. The smallest absolute Gasteiger partial charge is 0.299 e. The van der Waals surface area contributed by atoms with E-state index in [9.17, 15) is 0 Å². The first-order chi connectivity index (χ1) is 9.31. The topological polar surface area (TPSA) is 50.3 Å². The van der Waals surface area contributed by atoms with Crippen LogP contribution in [-0.2, 0) is 0 Å². The lowest BCUT2D eigenvalue weighted by Gasteiger charge is -2.29. The zero-order chi connectivity index (χ0) is 13.1. The lowest BCUT2D eigenvalue weighted by Crippen LogP contribution is -2.43. The summed E-state index contributed by atoms with van der Waals surface area (Å²) in [6, 6.07) is 8.14. The molecule has 2 aromatic rings. The summed E-state index contributed by atoms with van der Waals surface area (Å²) in [5.74, 6) is 0.801. The molecular formula is C13H16N4OS. The van der Waals surface area contributed by atoms with Gasteiger partial charge in [-0.2, -0.15) is 0 Å². The van der Waals surface area contributed by atoms with Crippen LogP contribution in [0.5, 0.6) is 10.9 Å². The molecule has 1 fully saturated rings. The second kappa shape index (κ2) is 5.54. The van der Waals surface area contributed by atoms with Crippen LogP contribution in [-0.4, -0.2) is 36.4 Å². The summed E-state index contributed by atoms with van der Waals surface area (Å²) >= 11 is 1.45. The monoisotopic (exact) mass is 276 g/mol. The highest BCUT2D eigenvalue weighted by Gasteiger charge is 2.10. The molecule has 100 valence electrons. The maximum absolute atomic E-state index is 5.66. The van der Waals surface area contributed by atoms with Gasteiger partial charge in [-0.1, -0.05) is 16.4 Å². The molecule has 3 rings (SSSR count). The summed E-state index contributed by atoms with van der Waals surface area (Å²) in [7, 11) is 0. The maximum Gasteiger partial charge on any atom is 0.299 e. The molecule has 2 heterocycles. The first-order valence-corrected chi connectivity index (χ1v) is 7.16. The fourth-order valence-corrected chi connectivity index (χ4v) is 2.62. The number of nitrogens with zero attached hydrogens (tertiary/aromatic N) is 3. The van der Waals surface area contributed by atoms with Gasteiger partial charge in [0.15, 0.2) is 0 Å². The molecule has 19 heavy (non-hydrogen) atoms. The zero-order valence-corrected chi connectivity index (χ0v) is 11.6.